The minimum absolute atomic E-state index is 0.0671. The number of benzene rings is 1. The summed E-state index contributed by atoms with van der Waals surface area (Å²) in [6.45, 7) is 6.93. The van der Waals surface area contributed by atoms with Gasteiger partial charge in [0.15, 0.2) is 0 Å². The lowest BCUT2D eigenvalue weighted by Gasteiger charge is -2.23. The van der Waals surface area contributed by atoms with Crippen LogP contribution in [0.2, 0.25) is 0 Å². The Morgan fingerprint density at radius 1 is 1.15 bits per heavy atom. The van der Waals surface area contributed by atoms with E-state index in [4.69, 9.17) is 9.26 Å². The van der Waals surface area contributed by atoms with E-state index in [1.807, 2.05) is 44.2 Å². The van der Waals surface area contributed by atoms with Gasteiger partial charge in [-0.3, -0.25) is 9.78 Å². The summed E-state index contributed by atoms with van der Waals surface area (Å²) in [5.41, 5.74) is 4.29. The van der Waals surface area contributed by atoms with Gasteiger partial charge in [-0.05, 0) is 75.3 Å². The van der Waals surface area contributed by atoms with Crippen LogP contribution in [0.15, 0.2) is 58.0 Å². The van der Waals surface area contributed by atoms with E-state index in [-0.39, 0.29) is 5.56 Å². The van der Waals surface area contributed by atoms with Crippen molar-refractivity contribution in [2.75, 3.05) is 19.7 Å². The zero-order chi connectivity index (χ0) is 22.8. The van der Waals surface area contributed by atoms with Crippen LogP contribution in [0.1, 0.15) is 30.0 Å². The minimum Gasteiger partial charge on any atom is -0.493 e. The quantitative estimate of drug-likeness (QED) is 0.482. The van der Waals surface area contributed by atoms with Gasteiger partial charge in [-0.1, -0.05) is 11.2 Å². The van der Waals surface area contributed by atoms with E-state index < -0.39 is 0 Å². The summed E-state index contributed by atoms with van der Waals surface area (Å²) in [6, 6.07) is 13.3. The summed E-state index contributed by atoms with van der Waals surface area (Å²) in [5.74, 6) is 2.00. The lowest BCUT2D eigenvalue weighted by molar-refractivity contribution is 0.216. The van der Waals surface area contributed by atoms with Gasteiger partial charge < -0.3 is 19.1 Å². The van der Waals surface area contributed by atoms with Gasteiger partial charge in [0.1, 0.15) is 11.5 Å². The van der Waals surface area contributed by atoms with Gasteiger partial charge in [-0.15, -0.1) is 0 Å². The first-order valence-electron chi connectivity index (χ1n) is 11.4. The molecule has 1 aliphatic rings. The van der Waals surface area contributed by atoms with Gasteiger partial charge >= 0.3 is 0 Å². The van der Waals surface area contributed by atoms with Gasteiger partial charge in [0.25, 0.3) is 5.56 Å². The Labute approximate surface area is 192 Å². The summed E-state index contributed by atoms with van der Waals surface area (Å²) in [4.78, 5) is 17.2. The fourth-order valence-corrected chi connectivity index (χ4v) is 4.58. The maximum absolute atomic E-state index is 12.8. The molecule has 1 N–H and O–H groups in total. The number of hydrogen-bond donors (Lipinski definition) is 1. The topological polar surface area (TPSA) is 82.2 Å². The maximum atomic E-state index is 12.8. The van der Waals surface area contributed by atoms with Crippen LogP contribution in [-0.2, 0) is 6.54 Å². The smallest absolute Gasteiger partial charge is 0.251 e. The second-order valence-corrected chi connectivity index (χ2v) is 8.69. The molecule has 7 heteroatoms. The number of aryl methyl sites for hydroxylation is 2. The largest absolute Gasteiger partial charge is 0.493 e. The van der Waals surface area contributed by atoms with E-state index in [0.29, 0.717) is 19.1 Å². The van der Waals surface area contributed by atoms with E-state index in [1.54, 1.807) is 16.8 Å². The van der Waals surface area contributed by atoms with E-state index >= 15 is 0 Å². The van der Waals surface area contributed by atoms with Gasteiger partial charge in [0.2, 0.25) is 0 Å². The predicted molar refractivity (Wildman–Crippen MR) is 128 cm³/mol. The first-order chi connectivity index (χ1) is 16.1. The third-order valence-electron chi connectivity index (χ3n) is 6.37. The van der Waals surface area contributed by atoms with Gasteiger partial charge in [0, 0.05) is 23.9 Å². The van der Waals surface area contributed by atoms with Crippen LogP contribution in [0.4, 0.5) is 0 Å². The van der Waals surface area contributed by atoms with Crippen LogP contribution in [0, 0.1) is 19.8 Å². The summed E-state index contributed by atoms with van der Waals surface area (Å²) in [7, 11) is 0. The lowest BCUT2D eigenvalue weighted by atomic mass is 9.98. The van der Waals surface area contributed by atoms with E-state index in [2.05, 4.69) is 21.5 Å². The number of nitrogens with one attached hydrogen (secondary N) is 1. The van der Waals surface area contributed by atoms with Crippen LogP contribution >= 0.6 is 0 Å². The normalized spacial score (nSPS) is 14.6. The third kappa shape index (κ3) is 4.41. The number of ether oxygens (including phenoxy) is 1. The molecule has 0 atom stereocenters. The Morgan fingerprint density at radius 3 is 2.73 bits per heavy atom. The standard InChI is InChI=1S/C26H28N4O3/c1-17-26(18(2)33-29-17)22-13-20-6-7-25(31)30(15-21-5-3-4-10-28-21)23(20)14-24(22)32-16-19-8-11-27-12-9-19/h3-7,10,13-14,19,27H,8-9,11-12,15-16H2,1-2H3. The minimum atomic E-state index is -0.0671. The van der Waals surface area contributed by atoms with Crippen molar-refractivity contribution < 1.29 is 9.26 Å². The number of piperidine rings is 1. The van der Waals surface area contributed by atoms with Crippen molar-refractivity contribution in [3.63, 3.8) is 0 Å². The van der Waals surface area contributed by atoms with Crippen molar-refractivity contribution in [2.45, 2.75) is 33.2 Å². The fraction of sp³-hybridized carbons (Fsp3) is 0.346. The summed E-state index contributed by atoms with van der Waals surface area (Å²) < 4.78 is 13.6. The molecule has 3 aromatic heterocycles. The van der Waals surface area contributed by atoms with Crippen molar-refractivity contribution >= 4 is 10.9 Å². The van der Waals surface area contributed by atoms with Crippen molar-refractivity contribution in [1.29, 1.82) is 0 Å². The number of nitrogens with zero attached hydrogens (tertiary/aromatic N) is 3. The average molecular weight is 445 g/mol. The molecule has 33 heavy (non-hydrogen) atoms. The van der Waals surface area contributed by atoms with Gasteiger partial charge in [-0.2, -0.15) is 0 Å². The number of aromatic nitrogens is 3. The molecule has 5 rings (SSSR count). The molecule has 1 fully saturated rings. The van der Waals surface area contributed by atoms with Crippen LogP contribution in [-0.4, -0.2) is 34.4 Å². The summed E-state index contributed by atoms with van der Waals surface area (Å²) in [6.07, 6.45) is 3.94. The van der Waals surface area contributed by atoms with Crippen molar-refractivity contribution in [1.82, 2.24) is 20.0 Å². The monoisotopic (exact) mass is 444 g/mol. The highest BCUT2D eigenvalue weighted by atomic mass is 16.5. The molecular weight excluding hydrogens is 416 g/mol. The van der Waals surface area contributed by atoms with Crippen molar-refractivity contribution in [2.24, 2.45) is 5.92 Å². The lowest BCUT2D eigenvalue weighted by Crippen LogP contribution is -2.30. The van der Waals surface area contributed by atoms with Crippen LogP contribution in [0.3, 0.4) is 0 Å². The molecule has 170 valence electrons. The molecule has 0 saturated carbocycles. The van der Waals surface area contributed by atoms with Gasteiger partial charge in [-0.25, -0.2) is 0 Å². The molecule has 0 radical (unpaired) electrons. The summed E-state index contributed by atoms with van der Waals surface area (Å²) >= 11 is 0. The highest BCUT2D eigenvalue weighted by Crippen LogP contribution is 2.38. The van der Waals surface area contributed by atoms with Crippen molar-refractivity contribution in [3.8, 4) is 16.9 Å². The molecule has 0 bridgehead atoms. The Morgan fingerprint density at radius 2 is 2.00 bits per heavy atom. The maximum Gasteiger partial charge on any atom is 0.251 e. The Balaban J connectivity index is 1.62. The molecule has 0 aliphatic carbocycles. The van der Waals surface area contributed by atoms with Crippen LogP contribution in [0.25, 0.3) is 22.0 Å². The number of fused-ring (bicyclic) bond motifs is 1. The van der Waals surface area contributed by atoms with Crippen molar-refractivity contribution in [3.05, 3.63) is 76.2 Å². The predicted octanol–water partition coefficient (Wildman–Crippen LogP) is 4.10. The molecule has 0 spiro atoms. The third-order valence-corrected chi connectivity index (χ3v) is 6.37. The molecule has 4 heterocycles. The molecule has 0 unspecified atom stereocenters. The van der Waals surface area contributed by atoms with Gasteiger partial charge in [0.05, 0.1) is 35.6 Å². The van der Waals surface area contributed by atoms with E-state index in [0.717, 1.165) is 70.9 Å². The SMILES string of the molecule is Cc1noc(C)c1-c1cc2ccc(=O)n(Cc3ccccn3)c2cc1OCC1CCNCC1. The Bertz CT molecular complexity index is 1300. The van der Waals surface area contributed by atoms with Crippen LogP contribution in [0.5, 0.6) is 5.75 Å². The molecule has 1 saturated heterocycles. The fourth-order valence-electron chi connectivity index (χ4n) is 4.58. The number of rotatable bonds is 6. The zero-order valence-corrected chi connectivity index (χ0v) is 19.0. The number of pyridine rings is 2. The second kappa shape index (κ2) is 9.19. The van der Waals surface area contributed by atoms with E-state index in [1.165, 1.54) is 0 Å². The second-order valence-electron chi connectivity index (χ2n) is 8.69. The molecule has 7 nitrogen and oxygen atoms in total. The highest BCUT2D eigenvalue weighted by molar-refractivity contribution is 5.89. The molecular formula is C26H28N4O3. The first kappa shape index (κ1) is 21.4. The molecule has 1 aromatic carbocycles. The summed E-state index contributed by atoms with van der Waals surface area (Å²) in [5, 5.41) is 8.50. The Hall–Kier alpha value is -3.45. The van der Waals surface area contributed by atoms with Crippen LogP contribution < -0.4 is 15.6 Å². The molecule has 0 amide bonds. The molecule has 4 aromatic rings. The first-order valence-corrected chi connectivity index (χ1v) is 11.4. The number of hydrogen-bond acceptors (Lipinski definition) is 6. The Kier molecular flexibility index (Phi) is 5.96. The molecule has 1 aliphatic heterocycles. The zero-order valence-electron chi connectivity index (χ0n) is 19.0. The van der Waals surface area contributed by atoms with E-state index in [9.17, 15) is 4.79 Å². The average Bonchev–Trinajstić information content (AvgIpc) is 3.18. The highest BCUT2D eigenvalue weighted by Gasteiger charge is 2.20.